The van der Waals surface area contributed by atoms with Gasteiger partial charge in [-0.1, -0.05) is 24.3 Å². The first-order valence-electron chi connectivity index (χ1n) is 8.43. The molecule has 3 amide bonds. The average Bonchev–Trinajstić information content (AvgIpc) is 3.16. The molecule has 2 aliphatic heterocycles. The summed E-state index contributed by atoms with van der Waals surface area (Å²) >= 11 is 0. The highest BCUT2D eigenvalue weighted by molar-refractivity contribution is 6.22. The molecule has 1 aromatic carbocycles. The SMILES string of the molecule is C=C(C)[C@@H]1OCC[C@@H]1CNC(=O)[C@@H](C)N1C(=O)c2ccccc2C1=O. The maximum atomic E-state index is 12.5. The van der Waals surface area contributed by atoms with Crippen molar-refractivity contribution in [1.82, 2.24) is 10.2 Å². The number of nitrogens with zero attached hydrogens (tertiary/aromatic N) is 1. The first-order chi connectivity index (χ1) is 11.9. The van der Waals surface area contributed by atoms with E-state index in [4.69, 9.17) is 4.74 Å². The topological polar surface area (TPSA) is 75.7 Å². The smallest absolute Gasteiger partial charge is 0.262 e. The van der Waals surface area contributed by atoms with Gasteiger partial charge in [0.2, 0.25) is 5.91 Å². The Morgan fingerprint density at radius 2 is 1.92 bits per heavy atom. The third kappa shape index (κ3) is 3.09. The monoisotopic (exact) mass is 342 g/mol. The molecule has 0 aliphatic carbocycles. The zero-order chi connectivity index (χ0) is 18.1. The van der Waals surface area contributed by atoms with Crippen LogP contribution in [0.1, 0.15) is 41.0 Å². The van der Waals surface area contributed by atoms with E-state index < -0.39 is 17.9 Å². The van der Waals surface area contributed by atoms with Gasteiger partial charge in [-0.15, -0.1) is 0 Å². The van der Waals surface area contributed by atoms with Crippen molar-refractivity contribution in [3.8, 4) is 0 Å². The molecule has 1 aromatic rings. The summed E-state index contributed by atoms with van der Waals surface area (Å²) in [6.45, 7) is 8.48. The molecule has 0 unspecified atom stereocenters. The van der Waals surface area contributed by atoms with E-state index in [0.29, 0.717) is 24.3 Å². The number of amides is 3. The lowest BCUT2D eigenvalue weighted by Crippen LogP contribution is -2.49. The maximum absolute atomic E-state index is 12.5. The summed E-state index contributed by atoms with van der Waals surface area (Å²) in [4.78, 5) is 38.4. The normalized spacial score (nSPS) is 23.5. The summed E-state index contributed by atoms with van der Waals surface area (Å²) in [5.41, 5.74) is 1.63. The van der Waals surface area contributed by atoms with E-state index in [-0.39, 0.29) is 17.9 Å². The molecular formula is C19H22N2O4. The molecule has 132 valence electrons. The summed E-state index contributed by atoms with van der Waals surface area (Å²) in [5, 5.41) is 2.85. The van der Waals surface area contributed by atoms with Crippen LogP contribution in [0.15, 0.2) is 36.4 Å². The van der Waals surface area contributed by atoms with Gasteiger partial charge in [-0.25, -0.2) is 0 Å². The first-order valence-corrected chi connectivity index (χ1v) is 8.43. The number of hydrogen-bond donors (Lipinski definition) is 1. The molecule has 6 nitrogen and oxygen atoms in total. The highest BCUT2D eigenvalue weighted by Crippen LogP contribution is 2.26. The van der Waals surface area contributed by atoms with Crippen molar-refractivity contribution in [2.24, 2.45) is 5.92 Å². The van der Waals surface area contributed by atoms with Gasteiger partial charge in [0.25, 0.3) is 11.8 Å². The predicted octanol–water partition coefficient (Wildman–Crippen LogP) is 1.77. The Bertz CT molecular complexity index is 708. The van der Waals surface area contributed by atoms with Crippen LogP contribution >= 0.6 is 0 Å². The summed E-state index contributed by atoms with van der Waals surface area (Å²) < 4.78 is 5.63. The molecule has 2 heterocycles. The Labute approximate surface area is 146 Å². The van der Waals surface area contributed by atoms with E-state index in [9.17, 15) is 14.4 Å². The van der Waals surface area contributed by atoms with E-state index in [1.54, 1.807) is 31.2 Å². The summed E-state index contributed by atoms with van der Waals surface area (Å²) in [5.74, 6) is -1.03. The molecule has 6 heteroatoms. The van der Waals surface area contributed by atoms with Crippen molar-refractivity contribution in [2.45, 2.75) is 32.4 Å². The summed E-state index contributed by atoms with van der Waals surface area (Å²) in [7, 11) is 0. The average molecular weight is 342 g/mol. The van der Waals surface area contributed by atoms with Crippen molar-refractivity contribution >= 4 is 17.7 Å². The Morgan fingerprint density at radius 3 is 2.48 bits per heavy atom. The predicted molar refractivity (Wildman–Crippen MR) is 92.1 cm³/mol. The zero-order valence-corrected chi connectivity index (χ0v) is 14.5. The second kappa shape index (κ2) is 6.80. The molecule has 1 fully saturated rings. The Hall–Kier alpha value is -2.47. The molecule has 25 heavy (non-hydrogen) atoms. The minimum absolute atomic E-state index is 0.0603. The summed E-state index contributed by atoms with van der Waals surface area (Å²) in [6, 6.07) is 5.76. The number of carbonyl (C=O) groups excluding carboxylic acids is 3. The lowest BCUT2D eigenvalue weighted by Gasteiger charge is -2.24. The van der Waals surface area contributed by atoms with E-state index >= 15 is 0 Å². The second-order valence-electron chi connectivity index (χ2n) is 6.63. The Kier molecular flexibility index (Phi) is 4.72. The molecule has 0 spiro atoms. The lowest BCUT2D eigenvalue weighted by atomic mass is 9.97. The van der Waals surface area contributed by atoms with Gasteiger partial charge in [-0.3, -0.25) is 19.3 Å². The van der Waals surface area contributed by atoms with Gasteiger partial charge < -0.3 is 10.1 Å². The van der Waals surface area contributed by atoms with Crippen molar-refractivity contribution < 1.29 is 19.1 Å². The van der Waals surface area contributed by atoms with Crippen LogP contribution in [0.4, 0.5) is 0 Å². The van der Waals surface area contributed by atoms with Crippen LogP contribution in [0.3, 0.4) is 0 Å². The molecule has 3 atom stereocenters. The maximum Gasteiger partial charge on any atom is 0.262 e. The molecule has 2 aliphatic rings. The van der Waals surface area contributed by atoms with Crippen molar-refractivity contribution in [1.29, 1.82) is 0 Å². The number of rotatable bonds is 5. The van der Waals surface area contributed by atoms with Gasteiger partial charge in [-0.2, -0.15) is 0 Å². The standard InChI is InChI=1S/C19H22N2O4/c1-11(2)16-13(8-9-25-16)10-20-17(22)12(3)21-18(23)14-6-4-5-7-15(14)19(21)24/h4-7,12-13,16H,1,8-10H2,2-3H3,(H,20,22)/t12-,13-,16+/m1/s1. The third-order valence-corrected chi connectivity index (χ3v) is 4.83. The van der Waals surface area contributed by atoms with E-state index in [0.717, 1.165) is 16.9 Å². The van der Waals surface area contributed by atoms with Gasteiger partial charge in [0.1, 0.15) is 6.04 Å². The highest BCUT2D eigenvalue weighted by Gasteiger charge is 2.40. The van der Waals surface area contributed by atoms with Crippen LogP contribution in [-0.4, -0.2) is 47.9 Å². The minimum atomic E-state index is -0.863. The fourth-order valence-electron chi connectivity index (χ4n) is 3.44. The molecule has 0 bridgehead atoms. The second-order valence-corrected chi connectivity index (χ2v) is 6.63. The number of carbonyl (C=O) groups is 3. The fraction of sp³-hybridized carbons (Fsp3) is 0.421. The van der Waals surface area contributed by atoms with Crippen molar-refractivity contribution in [3.05, 3.63) is 47.5 Å². The van der Waals surface area contributed by atoms with E-state index in [2.05, 4.69) is 11.9 Å². The third-order valence-electron chi connectivity index (χ3n) is 4.83. The van der Waals surface area contributed by atoms with Gasteiger partial charge in [-0.05, 0) is 32.4 Å². The molecule has 0 aromatic heterocycles. The number of fused-ring (bicyclic) bond motifs is 1. The number of hydrogen-bond acceptors (Lipinski definition) is 4. The van der Waals surface area contributed by atoms with Gasteiger partial charge in [0, 0.05) is 19.1 Å². The van der Waals surface area contributed by atoms with E-state index in [1.807, 2.05) is 6.92 Å². The quantitative estimate of drug-likeness (QED) is 0.654. The lowest BCUT2D eigenvalue weighted by molar-refractivity contribution is -0.124. The number of nitrogens with one attached hydrogen (secondary N) is 1. The van der Waals surface area contributed by atoms with Crippen LogP contribution in [0.5, 0.6) is 0 Å². The van der Waals surface area contributed by atoms with Crippen molar-refractivity contribution in [3.63, 3.8) is 0 Å². The largest absolute Gasteiger partial charge is 0.374 e. The van der Waals surface area contributed by atoms with Gasteiger partial charge in [0.05, 0.1) is 17.2 Å². The highest BCUT2D eigenvalue weighted by atomic mass is 16.5. The molecule has 0 saturated carbocycles. The number of benzene rings is 1. The van der Waals surface area contributed by atoms with Crippen LogP contribution in [0.2, 0.25) is 0 Å². The van der Waals surface area contributed by atoms with Crippen LogP contribution in [-0.2, 0) is 9.53 Å². The van der Waals surface area contributed by atoms with Gasteiger partial charge >= 0.3 is 0 Å². The van der Waals surface area contributed by atoms with Crippen LogP contribution in [0.25, 0.3) is 0 Å². The van der Waals surface area contributed by atoms with Crippen molar-refractivity contribution in [2.75, 3.05) is 13.2 Å². The first kappa shape index (κ1) is 17.4. The minimum Gasteiger partial charge on any atom is -0.374 e. The van der Waals surface area contributed by atoms with Crippen LogP contribution < -0.4 is 5.32 Å². The Morgan fingerprint density at radius 1 is 1.32 bits per heavy atom. The molecular weight excluding hydrogens is 320 g/mol. The molecule has 1 N–H and O–H groups in total. The Balaban J connectivity index is 1.65. The number of ether oxygens (including phenoxy) is 1. The summed E-state index contributed by atoms with van der Waals surface area (Å²) in [6.07, 6.45) is 0.786. The molecule has 3 rings (SSSR count). The molecule has 1 saturated heterocycles. The fourth-order valence-corrected chi connectivity index (χ4v) is 3.44. The number of imide groups is 1. The van der Waals surface area contributed by atoms with Gasteiger partial charge in [0.15, 0.2) is 0 Å². The van der Waals surface area contributed by atoms with E-state index in [1.165, 1.54) is 0 Å². The molecule has 0 radical (unpaired) electrons. The zero-order valence-electron chi connectivity index (χ0n) is 14.5. The van der Waals surface area contributed by atoms with Crippen LogP contribution in [0, 0.1) is 5.92 Å².